The molecule has 0 spiro atoms. The van der Waals surface area contributed by atoms with Crippen LogP contribution in [0.15, 0.2) is 40.9 Å². The maximum atomic E-state index is 11.0. The van der Waals surface area contributed by atoms with Crippen molar-refractivity contribution in [1.29, 1.82) is 0 Å². The van der Waals surface area contributed by atoms with Gasteiger partial charge in [-0.15, -0.1) is 0 Å². The Labute approximate surface area is 125 Å². The van der Waals surface area contributed by atoms with Crippen LogP contribution >= 0.6 is 0 Å². The maximum absolute atomic E-state index is 11.0. The number of rotatable bonds is 3. The number of aliphatic imine (C=N–C) groups is 1. The van der Waals surface area contributed by atoms with Crippen LogP contribution in [0.25, 0.3) is 0 Å². The van der Waals surface area contributed by atoms with Crippen molar-refractivity contribution in [3.05, 3.63) is 47.0 Å². The van der Waals surface area contributed by atoms with E-state index in [1.807, 2.05) is 24.3 Å². The van der Waals surface area contributed by atoms with Gasteiger partial charge in [0.25, 0.3) is 0 Å². The monoisotopic (exact) mass is 281 g/mol. The number of benzene rings is 1. The van der Waals surface area contributed by atoms with E-state index in [2.05, 4.69) is 27.6 Å². The number of carbonyl (C=O) groups excluding carboxylic acids is 1. The van der Waals surface area contributed by atoms with Gasteiger partial charge in [0.05, 0.1) is 7.11 Å². The third-order valence-corrected chi connectivity index (χ3v) is 3.29. The zero-order valence-electron chi connectivity index (χ0n) is 12.3. The van der Waals surface area contributed by atoms with Crippen LogP contribution in [0.4, 0.5) is 0 Å². The van der Waals surface area contributed by atoms with Crippen LogP contribution in [-0.4, -0.2) is 25.8 Å². The Balaban J connectivity index is 2.11. The normalized spacial score (nSPS) is 14.2. The molecule has 108 valence electrons. The predicted octanol–water partition coefficient (Wildman–Crippen LogP) is 3.13. The van der Waals surface area contributed by atoms with Crippen molar-refractivity contribution in [3.8, 4) is 11.8 Å². The van der Waals surface area contributed by atoms with Crippen molar-refractivity contribution in [1.82, 2.24) is 0 Å². The smallest absolute Gasteiger partial charge is 0.327 e. The summed E-state index contributed by atoms with van der Waals surface area (Å²) in [5.41, 5.74) is 3.07. The highest BCUT2D eigenvalue weighted by Gasteiger charge is 2.01. The zero-order chi connectivity index (χ0) is 14.9. The van der Waals surface area contributed by atoms with E-state index < -0.39 is 0 Å². The molecule has 0 aliphatic heterocycles. The third kappa shape index (κ3) is 4.92. The van der Waals surface area contributed by atoms with E-state index in [4.69, 9.17) is 0 Å². The highest BCUT2D eigenvalue weighted by Crippen LogP contribution is 2.16. The first-order chi connectivity index (χ1) is 10.3. The molecule has 3 heteroatoms. The minimum absolute atomic E-state index is 0.0312. The summed E-state index contributed by atoms with van der Waals surface area (Å²) in [6.45, 7) is 0.0312. The molecule has 0 aromatic heterocycles. The Bertz CT molecular complexity index is 618. The average Bonchev–Trinajstić information content (AvgIpc) is 2.54. The first kappa shape index (κ1) is 15.1. The van der Waals surface area contributed by atoms with E-state index in [0.29, 0.717) is 0 Å². The number of hydrogen-bond acceptors (Lipinski definition) is 3. The highest BCUT2D eigenvalue weighted by atomic mass is 16.5. The fraction of sp³-hybridized carbons (Fsp3) is 0.333. The SMILES string of the molecule is COC(=O)CN=Cc1ccccc1C#CC1=CCCCC1. The second kappa shape index (κ2) is 8.06. The molecule has 0 saturated carbocycles. The minimum Gasteiger partial charge on any atom is -0.468 e. The maximum Gasteiger partial charge on any atom is 0.327 e. The van der Waals surface area contributed by atoms with E-state index in [1.54, 1.807) is 6.21 Å². The first-order valence-electron chi connectivity index (χ1n) is 7.16. The summed E-state index contributed by atoms with van der Waals surface area (Å²) in [4.78, 5) is 15.1. The topological polar surface area (TPSA) is 38.7 Å². The molecule has 0 unspecified atom stereocenters. The number of allylic oxidation sites excluding steroid dienone is 2. The summed E-state index contributed by atoms with van der Waals surface area (Å²) in [6.07, 6.45) is 8.60. The van der Waals surface area contributed by atoms with Crippen LogP contribution in [0.2, 0.25) is 0 Å². The molecular formula is C18H19NO2. The van der Waals surface area contributed by atoms with E-state index in [0.717, 1.165) is 24.0 Å². The summed E-state index contributed by atoms with van der Waals surface area (Å²) in [5, 5.41) is 0. The molecule has 0 fully saturated rings. The Kier molecular flexibility index (Phi) is 5.78. The van der Waals surface area contributed by atoms with Crippen molar-refractivity contribution in [2.75, 3.05) is 13.7 Å². The molecule has 0 saturated heterocycles. The van der Waals surface area contributed by atoms with E-state index in [9.17, 15) is 4.79 Å². The fourth-order valence-corrected chi connectivity index (χ4v) is 2.11. The summed E-state index contributed by atoms with van der Waals surface area (Å²) in [6, 6.07) is 7.80. The van der Waals surface area contributed by atoms with Gasteiger partial charge in [-0.3, -0.25) is 9.79 Å². The Morgan fingerprint density at radius 3 is 2.95 bits per heavy atom. The van der Waals surface area contributed by atoms with Gasteiger partial charge < -0.3 is 4.74 Å². The lowest BCUT2D eigenvalue weighted by atomic mass is 9.99. The molecule has 1 aromatic rings. The van der Waals surface area contributed by atoms with Crippen LogP contribution in [0.3, 0.4) is 0 Å². The molecule has 0 atom stereocenters. The van der Waals surface area contributed by atoms with Gasteiger partial charge in [0.2, 0.25) is 0 Å². The minimum atomic E-state index is -0.345. The number of ether oxygens (including phenoxy) is 1. The summed E-state index contributed by atoms with van der Waals surface area (Å²) >= 11 is 0. The van der Waals surface area contributed by atoms with Crippen molar-refractivity contribution in [3.63, 3.8) is 0 Å². The lowest BCUT2D eigenvalue weighted by Gasteiger charge is -2.05. The van der Waals surface area contributed by atoms with Crippen LogP contribution in [-0.2, 0) is 9.53 Å². The number of carbonyl (C=O) groups is 1. The van der Waals surface area contributed by atoms with Gasteiger partial charge >= 0.3 is 5.97 Å². The van der Waals surface area contributed by atoms with Gasteiger partial charge in [-0.1, -0.05) is 36.1 Å². The van der Waals surface area contributed by atoms with Gasteiger partial charge in [0, 0.05) is 17.3 Å². The quantitative estimate of drug-likeness (QED) is 0.485. The molecule has 0 amide bonds. The lowest BCUT2D eigenvalue weighted by molar-refractivity contribution is -0.138. The van der Waals surface area contributed by atoms with Crippen molar-refractivity contribution < 1.29 is 9.53 Å². The second-order valence-corrected chi connectivity index (χ2v) is 4.86. The standard InChI is InChI=1S/C18H19NO2/c1-21-18(20)14-19-13-17-10-6-5-9-16(17)12-11-15-7-3-2-4-8-15/h5-7,9-10,13H,2-4,8,14H2,1H3. The molecule has 2 rings (SSSR count). The third-order valence-electron chi connectivity index (χ3n) is 3.29. The van der Waals surface area contributed by atoms with Gasteiger partial charge in [0.15, 0.2) is 0 Å². The van der Waals surface area contributed by atoms with Gasteiger partial charge in [0.1, 0.15) is 6.54 Å². The number of methoxy groups -OCH3 is 1. The molecule has 0 heterocycles. The number of esters is 1. The Morgan fingerprint density at radius 2 is 2.19 bits per heavy atom. The van der Waals surface area contributed by atoms with Crippen molar-refractivity contribution in [2.45, 2.75) is 25.7 Å². The average molecular weight is 281 g/mol. The zero-order valence-corrected chi connectivity index (χ0v) is 12.3. The Morgan fingerprint density at radius 1 is 1.33 bits per heavy atom. The lowest BCUT2D eigenvalue weighted by Crippen LogP contribution is -2.04. The second-order valence-electron chi connectivity index (χ2n) is 4.86. The highest BCUT2D eigenvalue weighted by molar-refractivity contribution is 5.85. The molecule has 21 heavy (non-hydrogen) atoms. The van der Waals surface area contributed by atoms with Gasteiger partial charge in [-0.25, -0.2) is 0 Å². The molecule has 1 aliphatic carbocycles. The first-order valence-corrected chi connectivity index (χ1v) is 7.16. The number of nitrogens with zero attached hydrogens (tertiary/aromatic N) is 1. The fourth-order valence-electron chi connectivity index (χ4n) is 2.11. The van der Waals surface area contributed by atoms with E-state index in [1.165, 1.54) is 25.5 Å². The van der Waals surface area contributed by atoms with E-state index >= 15 is 0 Å². The van der Waals surface area contributed by atoms with Gasteiger partial charge in [-0.05, 0) is 37.3 Å². The molecular weight excluding hydrogens is 262 g/mol. The van der Waals surface area contributed by atoms with Crippen LogP contribution < -0.4 is 0 Å². The molecule has 1 aliphatic rings. The molecule has 0 radical (unpaired) electrons. The summed E-state index contributed by atoms with van der Waals surface area (Å²) in [7, 11) is 1.36. The Hall–Kier alpha value is -2.34. The van der Waals surface area contributed by atoms with Crippen LogP contribution in [0, 0.1) is 11.8 Å². The van der Waals surface area contributed by atoms with E-state index in [-0.39, 0.29) is 12.5 Å². The summed E-state index contributed by atoms with van der Waals surface area (Å²) in [5.74, 6) is 6.11. The van der Waals surface area contributed by atoms with Crippen LogP contribution in [0.5, 0.6) is 0 Å². The molecule has 0 N–H and O–H groups in total. The largest absolute Gasteiger partial charge is 0.468 e. The van der Waals surface area contributed by atoms with Gasteiger partial charge in [-0.2, -0.15) is 0 Å². The molecule has 0 bridgehead atoms. The number of hydrogen-bond donors (Lipinski definition) is 0. The summed E-state index contributed by atoms with van der Waals surface area (Å²) < 4.78 is 4.56. The van der Waals surface area contributed by atoms with Crippen molar-refractivity contribution >= 4 is 12.2 Å². The molecule has 1 aromatic carbocycles. The molecule has 3 nitrogen and oxygen atoms in total. The van der Waals surface area contributed by atoms with Crippen LogP contribution in [0.1, 0.15) is 36.8 Å². The predicted molar refractivity (Wildman–Crippen MR) is 84.3 cm³/mol. The van der Waals surface area contributed by atoms with Crippen molar-refractivity contribution in [2.24, 2.45) is 4.99 Å².